The number of nitrogens with one attached hydrogen (secondary N) is 1. The quantitative estimate of drug-likeness (QED) is 0.821. The fraction of sp³-hybridized carbons (Fsp3) is 0.286. The minimum atomic E-state index is -2.73. The molecule has 0 saturated heterocycles. The number of hydrogen-bond acceptors (Lipinski definition) is 2. The largest absolute Gasteiger partial charge is 0.493 e. The van der Waals surface area contributed by atoms with E-state index in [1.165, 1.54) is 7.11 Å². The summed E-state index contributed by atoms with van der Waals surface area (Å²) >= 11 is 2.91. The molecule has 0 aromatic carbocycles. The normalized spacial score (nSPS) is 10.5. The first-order valence-corrected chi connectivity index (χ1v) is 4.10. The minimum Gasteiger partial charge on any atom is -0.493 e. The summed E-state index contributed by atoms with van der Waals surface area (Å²) in [5.74, 6) is -0.0467. The SMILES string of the molecule is COc1c(C(F)F)cc(=O)[nH]c1Br. The van der Waals surface area contributed by atoms with Gasteiger partial charge < -0.3 is 9.72 Å². The monoisotopic (exact) mass is 253 g/mol. The van der Waals surface area contributed by atoms with Gasteiger partial charge in [0.15, 0.2) is 5.75 Å². The molecule has 0 fully saturated rings. The van der Waals surface area contributed by atoms with Crippen LogP contribution in [0.15, 0.2) is 15.5 Å². The lowest BCUT2D eigenvalue weighted by Gasteiger charge is -2.07. The third-order valence-corrected chi connectivity index (χ3v) is 1.98. The molecule has 3 nitrogen and oxygen atoms in total. The predicted octanol–water partition coefficient (Wildman–Crippen LogP) is 2.08. The van der Waals surface area contributed by atoms with Crippen LogP contribution in [0.2, 0.25) is 0 Å². The summed E-state index contributed by atoms with van der Waals surface area (Å²) in [4.78, 5) is 13.1. The molecule has 0 radical (unpaired) electrons. The minimum absolute atomic E-state index is 0.0467. The Morgan fingerprint density at radius 3 is 2.69 bits per heavy atom. The fourth-order valence-corrected chi connectivity index (χ4v) is 1.49. The van der Waals surface area contributed by atoms with Crippen LogP contribution in [0.4, 0.5) is 8.78 Å². The summed E-state index contributed by atoms with van der Waals surface area (Å²) in [6.45, 7) is 0. The Kier molecular flexibility index (Phi) is 3.02. The number of aromatic amines is 1. The number of rotatable bonds is 2. The molecule has 72 valence electrons. The van der Waals surface area contributed by atoms with Crippen LogP contribution in [-0.4, -0.2) is 12.1 Å². The van der Waals surface area contributed by atoms with Crippen molar-refractivity contribution in [3.05, 3.63) is 26.6 Å². The molecule has 1 heterocycles. The summed E-state index contributed by atoms with van der Waals surface area (Å²) in [5, 5.41) is 0. The second kappa shape index (κ2) is 3.87. The first-order valence-electron chi connectivity index (χ1n) is 3.31. The Bertz CT molecular complexity index is 364. The average molecular weight is 254 g/mol. The van der Waals surface area contributed by atoms with Gasteiger partial charge in [-0.2, -0.15) is 0 Å². The van der Waals surface area contributed by atoms with Crippen LogP contribution in [0, 0.1) is 0 Å². The van der Waals surface area contributed by atoms with E-state index in [0.717, 1.165) is 6.07 Å². The van der Waals surface area contributed by atoms with Gasteiger partial charge in [0.05, 0.1) is 12.7 Å². The lowest BCUT2D eigenvalue weighted by molar-refractivity contribution is 0.146. The van der Waals surface area contributed by atoms with Crippen LogP contribution in [0.25, 0.3) is 0 Å². The fourth-order valence-electron chi connectivity index (χ4n) is 0.904. The number of ether oxygens (including phenoxy) is 1. The second-order valence-electron chi connectivity index (χ2n) is 2.24. The maximum absolute atomic E-state index is 12.3. The molecule has 0 aliphatic heterocycles. The number of hydrogen-bond donors (Lipinski definition) is 1. The van der Waals surface area contributed by atoms with Crippen LogP contribution in [0.1, 0.15) is 12.0 Å². The van der Waals surface area contributed by atoms with Crippen LogP contribution in [-0.2, 0) is 0 Å². The van der Waals surface area contributed by atoms with E-state index in [4.69, 9.17) is 4.74 Å². The first kappa shape index (κ1) is 10.2. The Labute approximate surface area is 80.9 Å². The van der Waals surface area contributed by atoms with Gasteiger partial charge in [-0.05, 0) is 15.9 Å². The van der Waals surface area contributed by atoms with Crippen LogP contribution >= 0.6 is 15.9 Å². The summed E-state index contributed by atoms with van der Waals surface area (Å²) in [5.41, 5.74) is -1.01. The molecule has 0 spiro atoms. The second-order valence-corrected chi connectivity index (χ2v) is 3.03. The van der Waals surface area contributed by atoms with Gasteiger partial charge in [0.25, 0.3) is 6.43 Å². The molecule has 1 aromatic rings. The zero-order chi connectivity index (χ0) is 10.0. The van der Waals surface area contributed by atoms with Gasteiger partial charge in [-0.25, -0.2) is 8.78 Å². The number of methoxy groups -OCH3 is 1. The number of pyridine rings is 1. The Morgan fingerprint density at radius 1 is 1.62 bits per heavy atom. The smallest absolute Gasteiger partial charge is 0.267 e. The Balaban J connectivity index is 3.38. The van der Waals surface area contributed by atoms with E-state index in [0.29, 0.717) is 0 Å². The van der Waals surface area contributed by atoms with Crippen molar-refractivity contribution in [2.24, 2.45) is 0 Å². The van der Waals surface area contributed by atoms with Crippen molar-refractivity contribution >= 4 is 15.9 Å². The molecule has 0 atom stereocenters. The third kappa shape index (κ3) is 2.06. The molecule has 0 aliphatic carbocycles. The highest BCUT2D eigenvalue weighted by Crippen LogP contribution is 2.32. The van der Waals surface area contributed by atoms with Gasteiger partial charge >= 0.3 is 0 Å². The van der Waals surface area contributed by atoms with E-state index >= 15 is 0 Å². The van der Waals surface area contributed by atoms with E-state index in [9.17, 15) is 13.6 Å². The molecule has 0 aliphatic rings. The topological polar surface area (TPSA) is 42.1 Å². The van der Waals surface area contributed by atoms with Crippen LogP contribution < -0.4 is 10.3 Å². The maximum Gasteiger partial charge on any atom is 0.267 e. The van der Waals surface area contributed by atoms with Crippen LogP contribution in [0.3, 0.4) is 0 Å². The predicted molar refractivity (Wildman–Crippen MR) is 46.3 cm³/mol. The molecule has 6 heteroatoms. The highest BCUT2D eigenvalue weighted by molar-refractivity contribution is 9.10. The number of H-pyrrole nitrogens is 1. The molecule has 13 heavy (non-hydrogen) atoms. The zero-order valence-electron chi connectivity index (χ0n) is 6.61. The van der Waals surface area contributed by atoms with Crippen molar-refractivity contribution in [3.8, 4) is 5.75 Å². The van der Waals surface area contributed by atoms with Crippen LogP contribution in [0.5, 0.6) is 5.75 Å². The van der Waals surface area contributed by atoms with Crippen molar-refractivity contribution in [2.75, 3.05) is 7.11 Å². The van der Waals surface area contributed by atoms with E-state index in [1.54, 1.807) is 0 Å². The van der Waals surface area contributed by atoms with Crippen molar-refractivity contribution in [3.63, 3.8) is 0 Å². The standard InChI is InChI=1S/C7H6BrF2NO2/c1-13-5-3(7(9)10)2-4(12)11-6(5)8/h2,7H,1H3,(H,11,12). The Morgan fingerprint density at radius 2 is 2.23 bits per heavy atom. The Hall–Kier alpha value is -0.910. The lowest BCUT2D eigenvalue weighted by atomic mass is 10.2. The average Bonchev–Trinajstić information content (AvgIpc) is 2.02. The molecule has 1 N–H and O–H groups in total. The van der Waals surface area contributed by atoms with Crippen molar-refractivity contribution < 1.29 is 13.5 Å². The van der Waals surface area contributed by atoms with E-state index in [2.05, 4.69) is 20.9 Å². The van der Waals surface area contributed by atoms with Gasteiger partial charge in [0.1, 0.15) is 4.60 Å². The summed E-state index contributed by atoms with van der Waals surface area (Å²) in [7, 11) is 1.25. The third-order valence-electron chi connectivity index (χ3n) is 1.42. The van der Waals surface area contributed by atoms with Gasteiger partial charge in [0.2, 0.25) is 5.56 Å². The van der Waals surface area contributed by atoms with Gasteiger partial charge in [-0.1, -0.05) is 0 Å². The molecule has 1 aromatic heterocycles. The number of aromatic nitrogens is 1. The first-order chi connectivity index (χ1) is 6.06. The number of halogens is 3. The van der Waals surface area contributed by atoms with E-state index in [-0.39, 0.29) is 10.4 Å². The summed E-state index contributed by atoms with van der Waals surface area (Å²) < 4.78 is 29.5. The van der Waals surface area contributed by atoms with E-state index in [1.807, 2.05) is 0 Å². The summed E-state index contributed by atoms with van der Waals surface area (Å²) in [6.07, 6.45) is -2.73. The molecular weight excluding hydrogens is 248 g/mol. The van der Waals surface area contributed by atoms with Crippen molar-refractivity contribution in [1.29, 1.82) is 0 Å². The summed E-state index contributed by atoms with van der Waals surface area (Å²) in [6, 6.07) is 0.814. The van der Waals surface area contributed by atoms with Crippen molar-refractivity contribution in [1.82, 2.24) is 4.98 Å². The molecule has 0 unspecified atom stereocenters. The van der Waals surface area contributed by atoms with Gasteiger partial charge in [-0.15, -0.1) is 0 Å². The molecule has 0 saturated carbocycles. The zero-order valence-corrected chi connectivity index (χ0v) is 8.19. The highest BCUT2D eigenvalue weighted by atomic mass is 79.9. The van der Waals surface area contributed by atoms with Gasteiger partial charge in [-0.3, -0.25) is 4.79 Å². The van der Waals surface area contributed by atoms with E-state index < -0.39 is 17.5 Å². The van der Waals surface area contributed by atoms with Crippen molar-refractivity contribution in [2.45, 2.75) is 6.43 Å². The molecule has 0 amide bonds. The maximum atomic E-state index is 12.3. The molecule has 0 bridgehead atoms. The molecular formula is C7H6BrF2NO2. The lowest BCUT2D eigenvalue weighted by Crippen LogP contribution is -2.08. The van der Waals surface area contributed by atoms with Gasteiger partial charge in [0, 0.05) is 6.07 Å². The molecule has 1 rings (SSSR count). The highest BCUT2D eigenvalue weighted by Gasteiger charge is 2.17. The number of alkyl halides is 2.